The molecular formula is C15H14FN9. The zero-order valence-electron chi connectivity index (χ0n) is 13.4. The monoisotopic (exact) mass is 339 g/mol. The summed E-state index contributed by atoms with van der Waals surface area (Å²) in [5.74, 6) is 1.11. The number of nitriles is 1. The number of H-pyrrole nitrogens is 1. The number of hydrogen-bond donors (Lipinski definition) is 3. The largest absolute Gasteiger partial charge is 0.358 e. The molecule has 1 unspecified atom stereocenters. The van der Waals surface area contributed by atoms with E-state index in [0.29, 0.717) is 17.5 Å². The van der Waals surface area contributed by atoms with Crippen LogP contribution in [0, 0.1) is 24.1 Å². The Morgan fingerprint density at radius 3 is 2.60 bits per heavy atom. The maximum absolute atomic E-state index is 12.9. The first-order valence-corrected chi connectivity index (χ1v) is 7.35. The molecule has 0 spiro atoms. The molecule has 0 saturated carbocycles. The Morgan fingerprint density at radius 1 is 1.20 bits per heavy atom. The summed E-state index contributed by atoms with van der Waals surface area (Å²) in [6.45, 7) is 3.65. The maximum atomic E-state index is 12.9. The van der Waals surface area contributed by atoms with E-state index in [0.717, 1.165) is 18.1 Å². The molecule has 0 aliphatic heterocycles. The van der Waals surface area contributed by atoms with Crippen molar-refractivity contribution in [3.63, 3.8) is 0 Å². The topological polar surface area (TPSA) is 128 Å². The van der Waals surface area contributed by atoms with Crippen LogP contribution in [0.25, 0.3) is 0 Å². The van der Waals surface area contributed by atoms with Crippen molar-refractivity contribution in [2.75, 3.05) is 10.6 Å². The standard InChI is InChI=1S/C15H14FN9/c1-8-3-12(25-24-8)22-13-7-18-11(4-17)15(23-13)21-9(2)14-19-5-10(16)6-20-14/h3,5-7,9H,1-2H3,(H3,21,22,23,24,25). The molecule has 126 valence electrons. The highest BCUT2D eigenvalue weighted by molar-refractivity contribution is 5.57. The number of anilines is 3. The SMILES string of the molecule is Cc1cc(Nc2cnc(C#N)c(NC(C)c3ncc(F)cn3)n2)n[nH]1. The van der Waals surface area contributed by atoms with Gasteiger partial charge in [0.15, 0.2) is 29.0 Å². The third kappa shape index (κ3) is 3.84. The highest BCUT2D eigenvalue weighted by atomic mass is 19.1. The van der Waals surface area contributed by atoms with Crippen molar-refractivity contribution in [3.05, 3.63) is 47.7 Å². The molecule has 3 aromatic rings. The lowest BCUT2D eigenvalue weighted by Crippen LogP contribution is -2.14. The zero-order valence-corrected chi connectivity index (χ0v) is 13.4. The van der Waals surface area contributed by atoms with Gasteiger partial charge in [0.2, 0.25) is 0 Å². The van der Waals surface area contributed by atoms with E-state index in [1.54, 1.807) is 6.92 Å². The van der Waals surface area contributed by atoms with Gasteiger partial charge in [-0.05, 0) is 13.8 Å². The fourth-order valence-corrected chi connectivity index (χ4v) is 2.06. The first kappa shape index (κ1) is 16.3. The summed E-state index contributed by atoms with van der Waals surface area (Å²) < 4.78 is 12.9. The molecule has 3 N–H and O–H groups in total. The van der Waals surface area contributed by atoms with Gasteiger partial charge in [0, 0.05) is 11.8 Å². The molecule has 0 aliphatic carbocycles. The van der Waals surface area contributed by atoms with E-state index in [2.05, 4.69) is 40.8 Å². The molecule has 0 aromatic carbocycles. The summed E-state index contributed by atoms with van der Waals surface area (Å²) >= 11 is 0. The minimum atomic E-state index is -0.519. The molecule has 3 heterocycles. The number of aryl methyl sites for hydroxylation is 1. The second kappa shape index (κ2) is 6.88. The number of halogens is 1. The molecule has 0 aliphatic rings. The van der Waals surface area contributed by atoms with Gasteiger partial charge in [0.1, 0.15) is 11.9 Å². The van der Waals surface area contributed by atoms with Gasteiger partial charge in [-0.3, -0.25) is 5.10 Å². The smallest absolute Gasteiger partial charge is 0.183 e. The number of aromatic amines is 1. The van der Waals surface area contributed by atoms with Crippen LogP contribution < -0.4 is 10.6 Å². The normalized spacial score (nSPS) is 11.6. The minimum Gasteiger partial charge on any atom is -0.358 e. The van der Waals surface area contributed by atoms with Crippen molar-refractivity contribution in [2.45, 2.75) is 19.9 Å². The summed E-state index contributed by atoms with van der Waals surface area (Å²) in [4.78, 5) is 16.2. The average Bonchev–Trinajstić information content (AvgIpc) is 3.00. The van der Waals surface area contributed by atoms with E-state index in [-0.39, 0.29) is 11.5 Å². The molecule has 9 nitrogen and oxygen atoms in total. The van der Waals surface area contributed by atoms with Crippen molar-refractivity contribution in [3.8, 4) is 6.07 Å². The van der Waals surface area contributed by atoms with Gasteiger partial charge >= 0.3 is 0 Å². The van der Waals surface area contributed by atoms with E-state index in [1.165, 1.54) is 6.20 Å². The molecule has 10 heteroatoms. The molecule has 25 heavy (non-hydrogen) atoms. The fourth-order valence-electron chi connectivity index (χ4n) is 2.06. The highest BCUT2D eigenvalue weighted by Gasteiger charge is 2.14. The molecule has 0 fully saturated rings. The van der Waals surface area contributed by atoms with Crippen LogP contribution in [-0.4, -0.2) is 30.1 Å². The lowest BCUT2D eigenvalue weighted by molar-refractivity contribution is 0.604. The fraction of sp³-hybridized carbons (Fsp3) is 0.200. The van der Waals surface area contributed by atoms with Crippen LogP contribution in [0.3, 0.4) is 0 Å². The molecule has 0 saturated heterocycles. The summed E-state index contributed by atoms with van der Waals surface area (Å²) in [5.41, 5.74) is 1.02. The summed E-state index contributed by atoms with van der Waals surface area (Å²) in [5, 5.41) is 22.1. The van der Waals surface area contributed by atoms with E-state index in [4.69, 9.17) is 0 Å². The Hall–Kier alpha value is -3.61. The molecule has 1 atom stereocenters. The van der Waals surface area contributed by atoms with Crippen LogP contribution in [-0.2, 0) is 0 Å². The number of rotatable bonds is 5. The quantitative estimate of drug-likeness (QED) is 0.645. The molecule has 3 aromatic heterocycles. The van der Waals surface area contributed by atoms with Crippen LogP contribution >= 0.6 is 0 Å². The van der Waals surface area contributed by atoms with Gasteiger partial charge in [0.25, 0.3) is 0 Å². The second-order valence-corrected chi connectivity index (χ2v) is 5.25. The molecule has 0 radical (unpaired) electrons. The molecular weight excluding hydrogens is 325 g/mol. The average molecular weight is 339 g/mol. The highest BCUT2D eigenvalue weighted by Crippen LogP contribution is 2.20. The summed E-state index contributed by atoms with van der Waals surface area (Å²) in [6.07, 6.45) is 3.59. The number of nitrogens with zero attached hydrogens (tertiary/aromatic N) is 6. The lowest BCUT2D eigenvalue weighted by Gasteiger charge is -2.14. The first-order valence-electron chi connectivity index (χ1n) is 7.35. The van der Waals surface area contributed by atoms with Crippen LogP contribution in [0.4, 0.5) is 21.8 Å². The number of aromatic nitrogens is 6. The van der Waals surface area contributed by atoms with E-state index in [9.17, 15) is 9.65 Å². The molecule has 0 amide bonds. The summed E-state index contributed by atoms with van der Waals surface area (Å²) in [7, 11) is 0. The maximum Gasteiger partial charge on any atom is 0.183 e. The zero-order chi connectivity index (χ0) is 17.8. The Labute approximate surface area is 142 Å². The van der Waals surface area contributed by atoms with Gasteiger partial charge in [0.05, 0.1) is 24.6 Å². The predicted octanol–water partition coefficient (Wildman–Crippen LogP) is 2.23. The van der Waals surface area contributed by atoms with Crippen molar-refractivity contribution >= 4 is 17.5 Å². The van der Waals surface area contributed by atoms with Crippen molar-refractivity contribution in [2.24, 2.45) is 0 Å². The van der Waals surface area contributed by atoms with Crippen LogP contribution in [0.15, 0.2) is 24.7 Å². The number of hydrogen-bond acceptors (Lipinski definition) is 8. The van der Waals surface area contributed by atoms with Gasteiger partial charge in [-0.1, -0.05) is 0 Å². The van der Waals surface area contributed by atoms with Crippen molar-refractivity contribution < 1.29 is 4.39 Å². The van der Waals surface area contributed by atoms with E-state index >= 15 is 0 Å². The Bertz CT molecular complexity index is 913. The van der Waals surface area contributed by atoms with E-state index < -0.39 is 11.9 Å². The molecule has 3 rings (SSSR count). The Balaban J connectivity index is 1.82. The van der Waals surface area contributed by atoms with Gasteiger partial charge < -0.3 is 10.6 Å². The van der Waals surface area contributed by atoms with Crippen LogP contribution in [0.1, 0.15) is 30.2 Å². The van der Waals surface area contributed by atoms with Crippen LogP contribution in [0.2, 0.25) is 0 Å². The van der Waals surface area contributed by atoms with Gasteiger partial charge in [-0.2, -0.15) is 10.4 Å². The molecule has 0 bridgehead atoms. The van der Waals surface area contributed by atoms with Crippen molar-refractivity contribution in [1.82, 2.24) is 30.1 Å². The minimum absolute atomic E-state index is 0.123. The third-order valence-corrected chi connectivity index (χ3v) is 3.22. The first-order chi connectivity index (χ1) is 12.0. The van der Waals surface area contributed by atoms with Gasteiger partial charge in [-0.15, -0.1) is 0 Å². The van der Waals surface area contributed by atoms with Gasteiger partial charge in [-0.25, -0.2) is 24.3 Å². The lowest BCUT2D eigenvalue weighted by atomic mass is 10.3. The number of nitrogens with one attached hydrogen (secondary N) is 3. The van der Waals surface area contributed by atoms with E-state index in [1.807, 2.05) is 19.1 Å². The summed E-state index contributed by atoms with van der Waals surface area (Å²) in [6, 6.07) is 3.38. The van der Waals surface area contributed by atoms with Crippen molar-refractivity contribution in [1.29, 1.82) is 5.26 Å². The van der Waals surface area contributed by atoms with Crippen LogP contribution in [0.5, 0.6) is 0 Å². The second-order valence-electron chi connectivity index (χ2n) is 5.25. The predicted molar refractivity (Wildman–Crippen MR) is 87.4 cm³/mol. The Morgan fingerprint density at radius 2 is 1.96 bits per heavy atom. The Kier molecular flexibility index (Phi) is 4.47. The third-order valence-electron chi connectivity index (χ3n) is 3.22.